The Balaban J connectivity index is 2.19. The normalized spacial score (nSPS) is 10.8. The molecule has 0 spiro atoms. The molecule has 2 aromatic rings. The molecule has 2 rings (SSSR count). The lowest BCUT2D eigenvalue weighted by atomic mass is 10.1. The molecule has 0 bridgehead atoms. The van der Waals surface area contributed by atoms with E-state index in [1.54, 1.807) is 6.07 Å². The Bertz CT molecular complexity index is 621. The van der Waals surface area contributed by atoms with Crippen LogP contribution in [0, 0.1) is 5.92 Å². The highest BCUT2D eigenvalue weighted by atomic mass is 32.1. The molecule has 0 aliphatic heterocycles. The summed E-state index contributed by atoms with van der Waals surface area (Å²) in [5, 5.41) is 6.54. The fraction of sp³-hybridized carbons (Fsp3) is 0.333. The molecule has 0 radical (unpaired) electrons. The average molecular weight is 290 g/mol. The smallest absolute Gasteiger partial charge is 0.268 e. The van der Waals surface area contributed by atoms with Crippen molar-refractivity contribution < 1.29 is 4.74 Å². The zero-order valence-electron chi connectivity index (χ0n) is 11.6. The van der Waals surface area contributed by atoms with Crippen LogP contribution in [0.2, 0.25) is 0 Å². The fourth-order valence-corrected chi connectivity index (χ4v) is 1.93. The third-order valence-electron chi connectivity index (χ3n) is 2.78. The van der Waals surface area contributed by atoms with E-state index in [1.807, 2.05) is 24.3 Å². The number of H-pyrrole nitrogens is 1. The van der Waals surface area contributed by atoms with Crippen molar-refractivity contribution in [3.05, 3.63) is 46.2 Å². The third kappa shape index (κ3) is 3.63. The number of aromatic nitrogens is 2. The maximum atomic E-state index is 11.4. The summed E-state index contributed by atoms with van der Waals surface area (Å²) in [6.45, 7) is 4.91. The highest BCUT2D eigenvalue weighted by molar-refractivity contribution is 7.79. The first-order valence-corrected chi connectivity index (χ1v) is 7.16. The van der Waals surface area contributed by atoms with Crippen LogP contribution in [0.4, 0.5) is 0 Å². The summed E-state index contributed by atoms with van der Waals surface area (Å²) < 4.78 is 5.63. The van der Waals surface area contributed by atoms with E-state index < -0.39 is 0 Å². The molecule has 0 amide bonds. The van der Waals surface area contributed by atoms with Crippen LogP contribution in [0.3, 0.4) is 0 Å². The standard InChI is InChI=1S/C15H18N2O2S/c1-10(2)8-19-13-5-3-11(4-6-13)14-7-12(9-20)15(18)17-16-14/h3-7,10,20H,8-9H2,1-2H3,(H,17,18). The zero-order chi connectivity index (χ0) is 14.5. The molecule has 1 N–H and O–H groups in total. The van der Waals surface area contributed by atoms with Crippen LogP contribution in [0.1, 0.15) is 19.4 Å². The third-order valence-corrected chi connectivity index (χ3v) is 3.12. The number of nitrogens with one attached hydrogen (secondary N) is 1. The van der Waals surface area contributed by atoms with Gasteiger partial charge in [-0.1, -0.05) is 13.8 Å². The largest absolute Gasteiger partial charge is 0.493 e. The summed E-state index contributed by atoms with van der Waals surface area (Å²) in [4.78, 5) is 11.4. The van der Waals surface area contributed by atoms with E-state index in [1.165, 1.54) is 0 Å². The number of rotatable bonds is 5. The predicted octanol–water partition coefficient (Wildman–Crippen LogP) is 2.90. The van der Waals surface area contributed by atoms with Gasteiger partial charge in [-0.15, -0.1) is 0 Å². The fourth-order valence-electron chi connectivity index (χ4n) is 1.70. The highest BCUT2D eigenvalue weighted by Gasteiger charge is 2.05. The Morgan fingerprint density at radius 2 is 2.00 bits per heavy atom. The zero-order valence-corrected chi connectivity index (χ0v) is 12.5. The summed E-state index contributed by atoms with van der Waals surface area (Å²) in [5.74, 6) is 1.72. The van der Waals surface area contributed by atoms with Gasteiger partial charge in [0.25, 0.3) is 5.56 Å². The molecular formula is C15H18N2O2S. The van der Waals surface area contributed by atoms with Gasteiger partial charge < -0.3 is 4.74 Å². The average Bonchev–Trinajstić information content (AvgIpc) is 2.46. The highest BCUT2D eigenvalue weighted by Crippen LogP contribution is 2.21. The molecule has 0 atom stereocenters. The summed E-state index contributed by atoms with van der Waals surface area (Å²) in [6, 6.07) is 9.43. The van der Waals surface area contributed by atoms with E-state index >= 15 is 0 Å². The molecule has 0 aliphatic carbocycles. The molecule has 0 unspecified atom stereocenters. The van der Waals surface area contributed by atoms with E-state index in [-0.39, 0.29) is 5.56 Å². The van der Waals surface area contributed by atoms with E-state index in [2.05, 4.69) is 36.7 Å². The summed E-state index contributed by atoms with van der Waals surface area (Å²) >= 11 is 4.13. The van der Waals surface area contributed by atoms with E-state index in [0.29, 0.717) is 23.8 Å². The lowest BCUT2D eigenvalue weighted by Gasteiger charge is -2.09. The molecule has 5 heteroatoms. The van der Waals surface area contributed by atoms with Crippen molar-refractivity contribution in [3.8, 4) is 17.0 Å². The number of hydrogen-bond acceptors (Lipinski definition) is 4. The van der Waals surface area contributed by atoms with Crippen molar-refractivity contribution in [2.75, 3.05) is 6.61 Å². The number of hydrogen-bond donors (Lipinski definition) is 2. The first-order valence-electron chi connectivity index (χ1n) is 6.53. The Kier molecular flexibility index (Phi) is 4.84. The predicted molar refractivity (Wildman–Crippen MR) is 83.3 cm³/mol. The van der Waals surface area contributed by atoms with Crippen LogP contribution in [-0.2, 0) is 5.75 Å². The van der Waals surface area contributed by atoms with Gasteiger partial charge in [0, 0.05) is 16.9 Å². The van der Waals surface area contributed by atoms with E-state index in [9.17, 15) is 4.79 Å². The molecule has 0 saturated heterocycles. The van der Waals surface area contributed by atoms with Crippen LogP contribution >= 0.6 is 12.6 Å². The van der Waals surface area contributed by atoms with Gasteiger partial charge in [-0.3, -0.25) is 4.79 Å². The van der Waals surface area contributed by atoms with Gasteiger partial charge in [0.15, 0.2) is 0 Å². The van der Waals surface area contributed by atoms with Crippen molar-refractivity contribution in [2.24, 2.45) is 5.92 Å². The lowest BCUT2D eigenvalue weighted by molar-refractivity contribution is 0.271. The topological polar surface area (TPSA) is 55.0 Å². The first kappa shape index (κ1) is 14.7. The van der Waals surface area contributed by atoms with Gasteiger partial charge in [-0.2, -0.15) is 17.7 Å². The number of thiol groups is 1. The minimum Gasteiger partial charge on any atom is -0.493 e. The van der Waals surface area contributed by atoms with Crippen LogP contribution in [-0.4, -0.2) is 16.8 Å². The second kappa shape index (κ2) is 6.61. The minimum absolute atomic E-state index is 0.194. The van der Waals surface area contributed by atoms with Crippen molar-refractivity contribution >= 4 is 12.6 Å². The van der Waals surface area contributed by atoms with Crippen molar-refractivity contribution in [3.63, 3.8) is 0 Å². The van der Waals surface area contributed by atoms with Crippen molar-refractivity contribution in [2.45, 2.75) is 19.6 Å². The van der Waals surface area contributed by atoms with E-state index in [4.69, 9.17) is 4.74 Å². The lowest BCUT2D eigenvalue weighted by Crippen LogP contribution is -2.13. The maximum absolute atomic E-state index is 11.4. The second-order valence-electron chi connectivity index (χ2n) is 4.99. The summed E-state index contributed by atoms with van der Waals surface area (Å²) in [6.07, 6.45) is 0. The quantitative estimate of drug-likeness (QED) is 0.833. The molecule has 0 saturated carbocycles. The Hall–Kier alpha value is -1.75. The van der Waals surface area contributed by atoms with Crippen LogP contribution in [0.5, 0.6) is 5.75 Å². The molecule has 106 valence electrons. The van der Waals surface area contributed by atoms with Crippen molar-refractivity contribution in [1.29, 1.82) is 0 Å². The van der Waals surface area contributed by atoms with Gasteiger partial charge in [0.05, 0.1) is 12.3 Å². The monoisotopic (exact) mass is 290 g/mol. The van der Waals surface area contributed by atoms with Crippen LogP contribution in [0.15, 0.2) is 35.1 Å². The van der Waals surface area contributed by atoms with Gasteiger partial charge in [0.2, 0.25) is 0 Å². The number of nitrogens with zero attached hydrogens (tertiary/aromatic N) is 1. The molecule has 0 aliphatic rings. The molecule has 4 nitrogen and oxygen atoms in total. The first-order chi connectivity index (χ1) is 9.60. The Labute approximate surface area is 123 Å². The molecule has 20 heavy (non-hydrogen) atoms. The van der Waals surface area contributed by atoms with Gasteiger partial charge in [-0.05, 0) is 36.2 Å². The minimum atomic E-state index is -0.194. The number of ether oxygens (including phenoxy) is 1. The van der Waals surface area contributed by atoms with E-state index in [0.717, 1.165) is 17.0 Å². The molecule has 1 aromatic carbocycles. The number of aromatic amines is 1. The van der Waals surface area contributed by atoms with Crippen LogP contribution < -0.4 is 10.3 Å². The Morgan fingerprint density at radius 3 is 2.60 bits per heavy atom. The summed E-state index contributed by atoms with van der Waals surface area (Å²) in [5.41, 5.74) is 2.07. The number of benzene rings is 1. The molecule has 1 aromatic heterocycles. The maximum Gasteiger partial charge on any atom is 0.268 e. The SMILES string of the molecule is CC(C)COc1ccc(-c2cc(CS)c(=O)[nH]n2)cc1. The molecule has 1 heterocycles. The molecular weight excluding hydrogens is 272 g/mol. The molecule has 0 fully saturated rings. The van der Waals surface area contributed by atoms with Gasteiger partial charge >= 0.3 is 0 Å². The van der Waals surface area contributed by atoms with Crippen LogP contribution in [0.25, 0.3) is 11.3 Å². The van der Waals surface area contributed by atoms with Gasteiger partial charge in [-0.25, -0.2) is 5.10 Å². The summed E-state index contributed by atoms with van der Waals surface area (Å²) in [7, 11) is 0. The van der Waals surface area contributed by atoms with Crippen molar-refractivity contribution in [1.82, 2.24) is 10.2 Å². The second-order valence-corrected chi connectivity index (χ2v) is 5.31. The van der Waals surface area contributed by atoms with Gasteiger partial charge in [0.1, 0.15) is 5.75 Å². The Morgan fingerprint density at radius 1 is 1.30 bits per heavy atom.